The molecule has 2 aromatic carbocycles. The number of hydrogen-bond donors (Lipinski definition) is 2. The van der Waals surface area contributed by atoms with Gasteiger partial charge in [0.05, 0.1) is 17.7 Å². The summed E-state index contributed by atoms with van der Waals surface area (Å²) in [5, 5.41) is 9.54. The molecule has 0 aromatic heterocycles. The summed E-state index contributed by atoms with van der Waals surface area (Å²) in [4.78, 5) is 8.39. The Morgan fingerprint density at radius 2 is 1.57 bits per heavy atom. The van der Waals surface area contributed by atoms with Crippen LogP contribution >= 0.6 is 11.8 Å². The Hall–Kier alpha value is -4.84. The summed E-state index contributed by atoms with van der Waals surface area (Å²) >= 11 is 2.32. The smallest absolute Gasteiger partial charge is 0.129 e. The minimum Gasteiger partial charge on any atom is -0.360 e. The molecule has 320 valence electrons. The first-order valence-corrected chi connectivity index (χ1v) is 25.3. The highest BCUT2D eigenvalue weighted by atomic mass is 32.2. The second-order valence-corrected chi connectivity index (χ2v) is 21.3. The number of allylic oxidation sites excluding steroid dienone is 15. The lowest BCUT2D eigenvalue weighted by atomic mass is 9.61. The van der Waals surface area contributed by atoms with Crippen LogP contribution < -0.4 is 10.6 Å². The molecule has 5 heteroatoms. The molecule has 0 spiro atoms. The van der Waals surface area contributed by atoms with E-state index in [9.17, 15) is 0 Å². The third-order valence-electron chi connectivity index (χ3n) is 16.4. The molecular formula is C58H62N4S. The molecule has 3 aliphatic heterocycles. The van der Waals surface area contributed by atoms with Gasteiger partial charge in [-0.1, -0.05) is 158 Å². The van der Waals surface area contributed by atoms with Crippen molar-refractivity contribution in [1.29, 1.82) is 0 Å². The van der Waals surface area contributed by atoms with Crippen LogP contribution in [-0.2, 0) is 0 Å². The molecular weight excluding hydrogens is 785 g/mol. The highest BCUT2D eigenvalue weighted by molar-refractivity contribution is 8.01. The highest BCUT2D eigenvalue weighted by Crippen LogP contribution is 2.61. The number of fused-ring (bicyclic) bond motifs is 6. The van der Waals surface area contributed by atoms with Crippen LogP contribution in [0, 0.1) is 35.5 Å². The van der Waals surface area contributed by atoms with Crippen molar-refractivity contribution < 1.29 is 0 Å². The number of benzene rings is 2. The minimum absolute atomic E-state index is 0.121. The van der Waals surface area contributed by atoms with Gasteiger partial charge in [0.2, 0.25) is 0 Å². The molecule has 0 radical (unpaired) electrons. The van der Waals surface area contributed by atoms with Gasteiger partial charge in [-0.15, -0.1) is 11.8 Å². The number of rotatable bonds is 7. The maximum Gasteiger partial charge on any atom is 0.129 e. The minimum atomic E-state index is -0.392. The van der Waals surface area contributed by atoms with Crippen molar-refractivity contribution in [1.82, 2.24) is 15.5 Å². The third-order valence-corrected chi connectivity index (χ3v) is 18.1. The van der Waals surface area contributed by atoms with E-state index in [1.54, 1.807) is 16.8 Å². The van der Waals surface area contributed by atoms with Crippen LogP contribution in [-0.4, -0.2) is 39.0 Å². The lowest BCUT2D eigenvalue weighted by molar-refractivity contribution is 0.0765. The summed E-state index contributed by atoms with van der Waals surface area (Å²) in [5.74, 6) is 3.73. The van der Waals surface area contributed by atoms with Gasteiger partial charge in [0.25, 0.3) is 0 Å². The summed E-state index contributed by atoms with van der Waals surface area (Å²) in [5.41, 5.74) is 11.5. The Bertz CT molecular complexity index is 2510. The van der Waals surface area contributed by atoms with Crippen LogP contribution in [0.25, 0.3) is 11.1 Å². The molecule has 12 atom stereocenters. The summed E-state index contributed by atoms with van der Waals surface area (Å²) in [6, 6.07) is 21.2. The van der Waals surface area contributed by atoms with Crippen LogP contribution in [0.2, 0.25) is 0 Å². The fourth-order valence-electron chi connectivity index (χ4n) is 13.5. The average molecular weight is 847 g/mol. The number of nitrogens with one attached hydrogen (secondary N) is 2. The van der Waals surface area contributed by atoms with E-state index in [4.69, 9.17) is 4.99 Å². The molecule has 12 rings (SSSR count). The second kappa shape index (κ2) is 16.6. The molecule has 3 heterocycles. The summed E-state index contributed by atoms with van der Waals surface area (Å²) in [6.45, 7) is 2.50. The zero-order valence-electron chi connectivity index (χ0n) is 36.7. The van der Waals surface area contributed by atoms with Gasteiger partial charge in [-0.3, -0.25) is 5.32 Å². The van der Waals surface area contributed by atoms with Crippen molar-refractivity contribution in [3.8, 4) is 0 Å². The van der Waals surface area contributed by atoms with Gasteiger partial charge < -0.3 is 10.2 Å². The predicted molar refractivity (Wildman–Crippen MR) is 264 cm³/mol. The summed E-state index contributed by atoms with van der Waals surface area (Å²) < 4.78 is 0. The largest absolute Gasteiger partial charge is 0.360 e. The summed E-state index contributed by atoms with van der Waals surface area (Å²) in [7, 11) is 0. The Kier molecular flexibility index (Phi) is 10.5. The van der Waals surface area contributed by atoms with Gasteiger partial charge in [-0.2, -0.15) is 0 Å². The van der Waals surface area contributed by atoms with Crippen molar-refractivity contribution in [3.63, 3.8) is 0 Å². The molecule has 63 heavy (non-hydrogen) atoms. The lowest BCUT2D eigenvalue weighted by Crippen LogP contribution is -2.67. The Morgan fingerprint density at radius 3 is 2.38 bits per heavy atom. The average Bonchev–Trinajstić information content (AvgIpc) is 3.91. The van der Waals surface area contributed by atoms with Gasteiger partial charge in [0.1, 0.15) is 12.0 Å². The van der Waals surface area contributed by atoms with E-state index < -0.39 is 5.66 Å². The fraction of sp³-hybridized carbons (Fsp3) is 0.397. The van der Waals surface area contributed by atoms with E-state index in [2.05, 4.69) is 192 Å². The first kappa shape index (κ1) is 39.7. The summed E-state index contributed by atoms with van der Waals surface area (Å²) in [6.07, 6.45) is 52.5. The van der Waals surface area contributed by atoms with Gasteiger partial charge in [-0.25, -0.2) is 4.99 Å². The Labute approximate surface area is 380 Å². The van der Waals surface area contributed by atoms with E-state index in [1.807, 2.05) is 0 Å². The standard InChI is InChI=1S/C58H62N4S/c1-58(60-56(39-21-8-3-9-22-39)59-57(61-58)40-23-10-4-11-24-40)50-37-41(44-28-15-14-27-43(44)38-19-6-2-7-20-38)33-34-45(50)48-30-18-31-49-53-52(63-55(48)49)36-35-47-46-29-16-17-32-51(46)62(54(47)53)42-25-12-5-13-26-42/h3-5,8-19,21-23,25,27-29,31,33,35-36,40,42,45,48-53,55-56,60H,2,6-7,20,24,26,30,32,34,37H2,1H3,(H,59,61). The van der Waals surface area contributed by atoms with E-state index in [-0.39, 0.29) is 12.1 Å². The SMILES string of the molecule is CC1(C2CC(c3ccccc3C3=CCCCC3)=CCC2C2CC=CC3C2SC2C=CC4=C(C23)N(C2C=CC=CC2)C2CC=CC=C42)NC(C2C=CC=CC2)=NC(c2ccccc2)N1. The number of hydrogen-bond acceptors (Lipinski definition) is 5. The quantitative estimate of drug-likeness (QED) is 0.272. The van der Waals surface area contributed by atoms with Crippen molar-refractivity contribution in [2.75, 3.05) is 0 Å². The number of thioether (sulfide) groups is 1. The Morgan fingerprint density at radius 1 is 0.746 bits per heavy atom. The van der Waals surface area contributed by atoms with Crippen molar-refractivity contribution >= 4 is 28.7 Å². The molecule has 1 fully saturated rings. The van der Waals surface area contributed by atoms with Gasteiger partial charge in [0, 0.05) is 34.0 Å². The van der Waals surface area contributed by atoms with E-state index in [1.165, 1.54) is 53.5 Å². The molecule has 12 unspecified atom stereocenters. The van der Waals surface area contributed by atoms with E-state index in [0.29, 0.717) is 52.2 Å². The maximum atomic E-state index is 5.50. The highest BCUT2D eigenvalue weighted by Gasteiger charge is 2.57. The van der Waals surface area contributed by atoms with E-state index >= 15 is 0 Å². The molecule has 10 aliphatic rings. The third kappa shape index (κ3) is 7.04. The zero-order valence-corrected chi connectivity index (χ0v) is 37.6. The molecule has 0 amide bonds. The van der Waals surface area contributed by atoms with Crippen LogP contribution in [0.5, 0.6) is 0 Å². The van der Waals surface area contributed by atoms with Gasteiger partial charge >= 0.3 is 0 Å². The van der Waals surface area contributed by atoms with Crippen LogP contribution in [0.3, 0.4) is 0 Å². The van der Waals surface area contributed by atoms with E-state index in [0.717, 1.165) is 44.4 Å². The second-order valence-electron chi connectivity index (χ2n) is 19.9. The van der Waals surface area contributed by atoms with Crippen LogP contribution in [0.4, 0.5) is 0 Å². The monoisotopic (exact) mass is 846 g/mol. The van der Waals surface area contributed by atoms with Gasteiger partial charge in [0.15, 0.2) is 0 Å². The lowest BCUT2D eigenvalue weighted by Gasteiger charge is -2.53. The molecule has 0 saturated carbocycles. The zero-order chi connectivity index (χ0) is 41.9. The van der Waals surface area contributed by atoms with Crippen molar-refractivity contribution in [3.05, 3.63) is 191 Å². The first-order valence-electron chi connectivity index (χ1n) is 24.3. The number of aliphatic imine (C=N–C) groups is 1. The first-order chi connectivity index (χ1) is 31.1. The molecule has 2 aromatic rings. The topological polar surface area (TPSA) is 39.7 Å². The molecule has 4 nitrogen and oxygen atoms in total. The number of nitrogens with zero attached hydrogens (tertiary/aromatic N) is 2. The fourth-order valence-corrected chi connectivity index (χ4v) is 15.4. The number of amidine groups is 1. The normalized spacial score (nSPS) is 37.3. The van der Waals surface area contributed by atoms with Crippen LogP contribution in [0.15, 0.2) is 180 Å². The molecule has 0 bridgehead atoms. The molecule has 2 N–H and O–H groups in total. The maximum absolute atomic E-state index is 5.50. The Balaban J connectivity index is 0.936. The molecule has 7 aliphatic carbocycles. The van der Waals surface area contributed by atoms with Gasteiger partial charge in [-0.05, 0) is 128 Å². The van der Waals surface area contributed by atoms with Crippen molar-refractivity contribution in [2.45, 2.75) is 106 Å². The van der Waals surface area contributed by atoms with Crippen LogP contribution in [0.1, 0.15) is 94.0 Å². The predicted octanol–water partition coefficient (Wildman–Crippen LogP) is 12.8. The van der Waals surface area contributed by atoms with Crippen molar-refractivity contribution in [2.24, 2.45) is 40.5 Å². The molecule has 1 saturated heterocycles.